The molecule has 94 valence electrons. The lowest BCUT2D eigenvalue weighted by molar-refractivity contribution is 0.0534. The summed E-state index contributed by atoms with van der Waals surface area (Å²) in [5, 5.41) is 0. The SMILES string of the molecule is Cc1cc2c(c(=O)c3c1CC(C)(C)C3)COC2=O. The van der Waals surface area contributed by atoms with E-state index >= 15 is 0 Å². The van der Waals surface area contributed by atoms with Crippen molar-refractivity contribution in [2.45, 2.75) is 40.2 Å². The number of hydrogen-bond acceptors (Lipinski definition) is 3. The van der Waals surface area contributed by atoms with Gasteiger partial charge in [-0.1, -0.05) is 13.8 Å². The van der Waals surface area contributed by atoms with E-state index in [0.29, 0.717) is 11.1 Å². The van der Waals surface area contributed by atoms with Crippen molar-refractivity contribution in [2.24, 2.45) is 5.41 Å². The Balaban J connectivity index is 2.35. The smallest absolute Gasteiger partial charge is 0.339 e. The van der Waals surface area contributed by atoms with Crippen molar-refractivity contribution >= 4 is 5.97 Å². The fourth-order valence-corrected chi connectivity index (χ4v) is 3.06. The number of aryl methyl sites for hydroxylation is 1. The van der Waals surface area contributed by atoms with Gasteiger partial charge < -0.3 is 4.74 Å². The Bertz CT molecular complexity index is 627. The average molecular weight is 244 g/mol. The first kappa shape index (κ1) is 11.5. The third-order valence-electron chi connectivity index (χ3n) is 3.95. The molecule has 1 heterocycles. The van der Waals surface area contributed by atoms with Crippen molar-refractivity contribution in [3.63, 3.8) is 0 Å². The first-order chi connectivity index (χ1) is 8.39. The van der Waals surface area contributed by atoms with Crippen LogP contribution in [0.4, 0.5) is 0 Å². The molecule has 1 aliphatic carbocycles. The number of fused-ring (bicyclic) bond motifs is 2. The van der Waals surface area contributed by atoms with Gasteiger partial charge in [-0.05, 0) is 42.4 Å². The maximum absolute atomic E-state index is 12.5. The molecule has 3 rings (SSSR count). The molecule has 1 aliphatic heterocycles. The zero-order valence-corrected chi connectivity index (χ0v) is 10.9. The Morgan fingerprint density at radius 2 is 1.78 bits per heavy atom. The van der Waals surface area contributed by atoms with Crippen molar-refractivity contribution in [2.75, 3.05) is 0 Å². The molecule has 18 heavy (non-hydrogen) atoms. The van der Waals surface area contributed by atoms with Crippen LogP contribution in [0.15, 0.2) is 10.9 Å². The minimum Gasteiger partial charge on any atom is -0.457 e. The van der Waals surface area contributed by atoms with E-state index in [4.69, 9.17) is 4.74 Å². The van der Waals surface area contributed by atoms with Gasteiger partial charge in [0.05, 0.1) is 11.1 Å². The van der Waals surface area contributed by atoms with Gasteiger partial charge in [-0.2, -0.15) is 0 Å². The number of rotatable bonds is 0. The lowest BCUT2D eigenvalue weighted by Gasteiger charge is -2.15. The Morgan fingerprint density at radius 1 is 1.11 bits per heavy atom. The highest BCUT2D eigenvalue weighted by Gasteiger charge is 2.34. The quantitative estimate of drug-likeness (QED) is 0.657. The minimum absolute atomic E-state index is 0.0181. The zero-order valence-electron chi connectivity index (χ0n) is 10.9. The highest BCUT2D eigenvalue weighted by atomic mass is 16.5. The van der Waals surface area contributed by atoms with E-state index in [9.17, 15) is 9.59 Å². The van der Waals surface area contributed by atoms with Crippen molar-refractivity contribution in [1.82, 2.24) is 0 Å². The molecule has 0 aromatic heterocycles. The van der Waals surface area contributed by atoms with E-state index in [1.54, 1.807) is 0 Å². The monoisotopic (exact) mass is 244 g/mol. The second-order valence-electron chi connectivity index (χ2n) is 6.10. The van der Waals surface area contributed by atoms with E-state index in [1.807, 2.05) is 13.0 Å². The van der Waals surface area contributed by atoms with Crippen LogP contribution in [0.5, 0.6) is 0 Å². The Kier molecular flexibility index (Phi) is 2.19. The molecule has 0 saturated heterocycles. The van der Waals surface area contributed by atoms with Crippen LogP contribution in [0.3, 0.4) is 0 Å². The van der Waals surface area contributed by atoms with Gasteiger partial charge in [0, 0.05) is 5.56 Å². The molecule has 3 nitrogen and oxygen atoms in total. The van der Waals surface area contributed by atoms with Crippen LogP contribution in [-0.4, -0.2) is 5.97 Å². The second-order valence-corrected chi connectivity index (χ2v) is 6.10. The molecule has 0 radical (unpaired) electrons. The van der Waals surface area contributed by atoms with E-state index in [-0.39, 0.29) is 23.4 Å². The average Bonchev–Trinajstić information content (AvgIpc) is 2.77. The lowest BCUT2D eigenvalue weighted by Crippen LogP contribution is -2.15. The lowest BCUT2D eigenvalue weighted by atomic mass is 9.89. The maximum atomic E-state index is 12.5. The predicted octanol–water partition coefficient (Wildman–Crippen LogP) is 2.15. The summed E-state index contributed by atoms with van der Waals surface area (Å²) in [4.78, 5) is 24.1. The normalized spacial score (nSPS) is 19.4. The number of carbonyl (C=O) groups is 1. The molecule has 0 atom stereocenters. The molecule has 0 bridgehead atoms. The Morgan fingerprint density at radius 3 is 2.50 bits per heavy atom. The standard InChI is InChI=1S/C15H16O3/c1-8-4-9-12(7-18-14(9)17)13(16)11-6-15(2,3)5-10(8)11/h4H,5-7H2,1-3H3. The van der Waals surface area contributed by atoms with E-state index in [0.717, 1.165) is 29.5 Å². The third-order valence-corrected chi connectivity index (χ3v) is 3.95. The van der Waals surface area contributed by atoms with Crippen LogP contribution < -0.4 is 5.43 Å². The van der Waals surface area contributed by atoms with Crippen molar-refractivity contribution < 1.29 is 9.53 Å². The fraction of sp³-hybridized carbons (Fsp3) is 0.467. The van der Waals surface area contributed by atoms with Crippen LogP contribution in [0.25, 0.3) is 0 Å². The summed E-state index contributed by atoms with van der Waals surface area (Å²) in [6, 6.07) is 1.83. The Labute approximate surface area is 106 Å². The molecule has 0 fully saturated rings. The van der Waals surface area contributed by atoms with Gasteiger partial charge in [-0.25, -0.2) is 4.79 Å². The molecule has 2 aliphatic rings. The van der Waals surface area contributed by atoms with Crippen molar-refractivity contribution in [3.8, 4) is 0 Å². The summed E-state index contributed by atoms with van der Waals surface area (Å²) in [6.07, 6.45) is 1.70. The number of ether oxygens (including phenoxy) is 1. The fourth-order valence-electron chi connectivity index (χ4n) is 3.06. The number of cyclic esters (lactones) is 1. The third kappa shape index (κ3) is 1.50. The molecule has 1 aromatic rings. The van der Waals surface area contributed by atoms with Crippen LogP contribution in [-0.2, 0) is 24.2 Å². The Hall–Kier alpha value is -1.64. The molecule has 0 saturated carbocycles. The number of hydrogen-bond donors (Lipinski definition) is 0. The van der Waals surface area contributed by atoms with E-state index < -0.39 is 0 Å². The number of carbonyl (C=O) groups excluding carboxylic acids is 1. The van der Waals surface area contributed by atoms with Crippen LogP contribution in [0.1, 0.15) is 46.5 Å². The maximum Gasteiger partial charge on any atom is 0.339 e. The van der Waals surface area contributed by atoms with Gasteiger partial charge in [0.25, 0.3) is 0 Å². The highest BCUT2D eigenvalue weighted by molar-refractivity contribution is 5.93. The molecular formula is C15H16O3. The van der Waals surface area contributed by atoms with E-state index in [1.165, 1.54) is 0 Å². The first-order valence-electron chi connectivity index (χ1n) is 6.25. The van der Waals surface area contributed by atoms with E-state index in [2.05, 4.69) is 13.8 Å². The van der Waals surface area contributed by atoms with Crippen molar-refractivity contribution in [1.29, 1.82) is 0 Å². The molecule has 3 heteroatoms. The topological polar surface area (TPSA) is 43.4 Å². The zero-order chi connectivity index (χ0) is 13.1. The highest BCUT2D eigenvalue weighted by Crippen LogP contribution is 2.36. The number of esters is 1. The molecule has 0 unspecified atom stereocenters. The predicted molar refractivity (Wildman–Crippen MR) is 67.8 cm³/mol. The summed E-state index contributed by atoms with van der Waals surface area (Å²) in [6.45, 7) is 6.46. The van der Waals surface area contributed by atoms with Crippen LogP contribution in [0.2, 0.25) is 0 Å². The second kappa shape index (κ2) is 3.44. The van der Waals surface area contributed by atoms with Gasteiger partial charge in [0.1, 0.15) is 6.61 Å². The molecule has 0 amide bonds. The molecular weight excluding hydrogens is 228 g/mol. The summed E-state index contributed by atoms with van der Waals surface area (Å²) in [5.74, 6) is -0.363. The minimum atomic E-state index is -0.363. The molecule has 0 N–H and O–H groups in total. The molecule has 0 spiro atoms. The van der Waals surface area contributed by atoms with Gasteiger partial charge >= 0.3 is 5.97 Å². The first-order valence-corrected chi connectivity index (χ1v) is 6.25. The summed E-state index contributed by atoms with van der Waals surface area (Å²) < 4.78 is 4.97. The summed E-state index contributed by atoms with van der Waals surface area (Å²) in [5.41, 5.74) is 4.21. The van der Waals surface area contributed by atoms with Crippen LogP contribution in [0, 0.1) is 12.3 Å². The van der Waals surface area contributed by atoms with Gasteiger partial charge in [-0.15, -0.1) is 0 Å². The largest absolute Gasteiger partial charge is 0.457 e. The van der Waals surface area contributed by atoms with Crippen LogP contribution >= 0.6 is 0 Å². The van der Waals surface area contributed by atoms with Gasteiger partial charge in [-0.3, -0.25) is 4.79 Å². The molecule has 1 aromatic carbocycles. The van der Waals surface area contributed by atoms with Gasteiger partial charge in [0.15, 0.2) is 5.43 Å². The van der Waals surface area contributed by atoms with Gasteiger partial charge in [0.2, 0.25) is 0 Å². The summed E-state index contributed by atoms with van der Waals surface area (Å²) in [7, 11) is 0. The van der Waals surface area contributed by atoms with Crippen molar-refractivity contribution in [3.05, 3.63) is 44.1 Å². The summed E-state index contributed by atoms with van der Waals surface area (Å²) >= 11 is 0.